The smallest absolute Gasteiger partial charge is 0.272 e. The van der Waals surface area contributed by atoms with E-state index in [2.05, 4.69) is 15.5 Å². The maximum atomic E-state index is 13.2. The van der Waals surface area contributed by atoms with Crippen LogP contribution >= 0.6 is 11.6 Å². The zero-order valence-electron chi connectivity index (χ0n) is 12.2. The minimum atomic E-state index is -0.494. The molecule has 2 heterocycles. The van der Waals surface area contributed by atoms with Crippen molar-refractivity contribution in [2.75, 3.05) is 0 Å². The van der Waals surface area contributed by atoms with Gasteiger partial charge in [-0.2, -0.15) is 5.10 Å². The molecule has 120 valence electrons. The Balaban J connectivity index is 1.67. The van der Waals surface area contributed by atoms with Crippen LogP contribution in [0.15, 0.2) is 64.4 Å². The van der Waals surface area contributed by atoms with Crippen molar-refractivity contribution >= 4 is 23.7 Å². The molecule has 1 N–H and O–H groups in total. The highest BCUT2D eigenvalue weighted by Crippen LogP contribution is 2.26. The quantitative estimate of drug-likeness (QED) is 0.577. The van der Waals surface area contributed by atoms with Crippen molar-refractivity contribution in [2.24, 2.45) is 5.10 Å². The Morgan fingerprint density at radius 2 is 2.17 bits per heavy atom. The number of rotatable bonds is 4. The van der Waals surface area contributed by atoms with Gasteiger partial charge >= 0.3 is 0 Å². The number of benzene rings is 1. The summed E-state index contributed by atoms with van der Waals surface area (Å²) in [5, 5.41) is 3.84. The molecular formula is C17H11ClFN3O2. The summed E-state index contributed by atoms with van der Waals surface area (Å²) in [4.78, 5) is 15.6. The van der Waals surface area contributed by atoms with Gasteiger partial charge in [0, 0.05) is 18.0 Å². The van der Waals surface area contributed by atoms with E-state index in [9.17, 15) is 9.18 Å². The Morgan fingerprint density at radius 1 is 1.29 bits per heavy atom. The van der Waals surface area contributed by atoms with E-state index in [0.717, 1.165) is 0 Å². The second kappa shape index (κ2) is 7.06. The minimum absolute atomic E-state index is 0.0165. The lowest BCUT2D eigenvalue weighted by Gasteiger charge is -1.99. The third-order valence-electron chi connectivity index (χ3n) is 3.11. The summed E-state index contributed by atoms with van der Waals surface area (Å²) in [5.41, 5.74) is 3.41. The summed E-state index contributed by atoms with van der Waals surface area (Å²) in [5.74, 6) is 0.0668. The first-order valence-electron chi connectivity index (χ1n) is 6.92. The lowest BCUT2D eigenvalue weighted by Crippen LogP contribution is -2.17. The van der Waals surface area contributed by atoms with Gasteiger partial charge in [0.25, 0.3) is 5.91 Å². The molecule has 3 rings (SSSR count). The molecule has 0 aliphatic carbocycles. The Bertz CT molecular complexity index is 894. The van der Waals surface area contributed by atoms with Crippen LogP contribution in [0.4, 0.5) is 4.39 Å². The molecule has 24 heavy (non-hydrogen) atoms. The van der Waals surface area contributed by atoms with Gasteiger partial charge in [-0.05, 0) is 42.5 Å². The summed E-state index contributed by atoms with van der Waals surface area (Å²) in [7, 11) is 0. The van der Waals surface area contributed by atoms with Crippen molar-refractivity contribution < 1.29 is 13.6 Å². The Labute approximate surface area is 141 Å². The highest BCUT2D eigenvalue weighted by atomic mass is 35.5. The van der Waals surface area contributed by atoms with E-state index in [0.29, 0.717) is 22.6 Å². The summed E-state index contributed by atoms with van der Waals surface area (Å²) in [6.45, 7) is 0. The molecule has 0 unspecified atom stereocenters. The molecule has 0 spiro atoms. The molecule has 1 amide bonds. The molecular weight excluding hydrogens is 333 g/mol. The molecule has 0 aliphatic heterocycles. The molecule has 2 aromatic heterocycles. The van der Waals surface area contributed by atoms with E-state index in [4.69, 9.17) is 16.0 Å². The standard InChI is InChI=1S/C17H11ClFN3O2/c18-14-8-11(3-5-15(14)19)16-6-4-13(24-16)10-21-22-17(23)12-2-1-7-20-9-12/h1-10H,(H,22,23). The van der Waals surface area contributed by atoms with Gasteiger partial charge in [0.1, 0.15) is 17.3 Å². The van der Waals surface area contributed by atoms with Gasteiger partial charge in [0.05, 0.1) is 16.8 Å². The molecule has 1 aromatic carbocycles. The van der Waals surface area contributed by atoms with Crippen LogP contribution in [0.3, 0.4) is 0 Å². The van der Waals surface area contributed by atoms with E-state index >= 15 is 0 Å². The Kier molecular flexibility index (Phi) is 4.67. The fourth-order valence-corrected chi connectivity index (χ4v) is 2.12. The number of nitrogens with zero attached hydrogens (tertiary/aromatic N) is 2. The number of hydrogen-bond acceptors (Lipinski definition) is 4. The number of amides is 1. The molecule has 0 bridgehead atoms. The topological polar surface area (TPSA) is 67.5 Å². The lowest BCUT2D eigenvalue weighted by atomic mass is 10.2. The third kappa shape index (κ3) is 3.67. The first-order chi connectivity index (χ1) is 11.6. The zero-order valence-corrected chi connectivity index (χ0v) is 13.0. The van der Waals surface area contributed by atoms with Crippen LogP contribution in [-0.2, 0) is 0 Å². The fourth-order valence-electron chi connectivity index (χ4n) is 1.94. The summed E-state index contributed by atoms with van der Waals surface area (Å²) in [6, 6.07) is 11.0. The predicted molar refractivity (Wildman–Crippen MR) is 88.4 cm³/mol. The number of halogens is 2. The maximum Gasteiger partial charge on any atom is 0.272 e. The number of nitrogens with one attached hydrogen (secondary N) is 1. The zero-order chi connectivity index (χ0) is 16.9. The number of pyridine rings is 1. The molecule has 0 fully saturated rings. The van der Waals surface area contributed by atoms with E-state index in [1.807, 2.05) is 0 Å². The van der Waals surface area contributed by atoms with Crippen LogP contribution in [0, 0.1) is 5.82 Å². The largest absolute Gasteiger partial charge is 0.455 e. The van der Waals surface area contributed by atoms with Crippen molar-refractivity contribution in [3.05, 3.63) is 77.0 Å². The molecule has 0 saturated heterocycles. The van der Waals surface area contributed by atoms with Gasteiger partial charge in [0.15, 0.2) is 0 Å². The molecule has 7 heteroatoms. The van der Waals surface area contributed by atoms with Gasteiger partial charge in [0.2, 0.25) is 0 Å². The number of carbonyl (C=O) groups excluding carboxylic acids is 1. The van der Waals surface area contributed by atoms with Crippen molar-refractivity contribution in [3.8, 4) is 11.3 Å². The van der Waals surface area contributed by atoms with Crippen LogP contribution in [0.5, 0.6) is 0 Å². The summed E-state index contributed by atoms with van der Waals surface area (Å²) in [6.07, 6.45) is 4.38. The first-order valence-corrected chi connectivity index (χ1v) is 7.30. The average Bonchev–Trinajstić information content (AvgIpc) is 3.07. The summed E-state index contributed by atoms with van der Waals surface area (Å²) < 4.78 is 18.7. The van der Waals surface area contributed by atoms with Crippen molar-refractivity contribution in [1.29, 1.82) is 0 Å². The van der Waals surface area contributed by atoms with Crippen LogP contribution in [0.25, 0.3) is 11.3 Å². The van der Waals surface area contributed by atoms with Crippen molar-refractivity contribution in [3.63, 3.8) is 0 Å². The lowest BCUT2D eigenvalue weighted by molar-refractivity contribution is 0.0954. The number of furan rings is 1. The number of aromatic nitrogens is 1. The van der Waals surface area contributed by atoms with Gasteiger partial charge in [-0.15, -0.1) is 0 Å². The predicted octanol–water partition coefficient (Wildman–Crippen LogP) is 3.90. The van der Waals surface area contributed by atoms with Gasteiger partial charge in [-0.25, -0.2) is 9.82 Å². The van der Waals surface area contributed by atoms with Crippen LogP contribution < -0.4 is 5.43 Å². The Hall–Kier alpha value is -2.99. The average molecular weight is 344 g/mol. The first kappa shape index (κ1) is 15.9. The molecule has 0 saturated carbocycles. The second-order valence-electron chi connectivity index (χ2n) is 4.77. The molecule has 5 nitrogen and oxygen atoms in total. The van der Waals surface area contributed by atoms with E-state index < -0.39 is 5.82 Å². The monoisotopic (exact) mass is 343 g/mol. The Morgan fingerprint density at radius 3 is 2.92 bits per heavy atom. The van der Waals surface area contributed by atoms with Crippen molar-refractivity contribution in [2.45, 2.75) is 0 Å². The normalized spacial score (nSPS) is 10.9. The number of hydrazone groups is 1. The van der Waals surface area contributed by atoms with Crippen LogP contribution in [0.1, 0.15) is 16.1 Å². The minimum Gasteiger partial charge on any atom is -0.455 e. The van der Waals surface area contributed by atoms with Gasteiger partial charge in [-0.1, -0.05) is 11.6 Å². The van der Waals surface area contributed by atoms with Crippen LogP contribution in [-0.4, -0.2) is 17.1 Å². The summed E-state index contributed by atoms with van der Waals surface area (Å²) >= 11 is 5.75. The van der Waals surface area contributed by atoms with E-state index in [1.165, 1.54) is 24.5 Å². The third-order valence-corrected chi connectivity index (χ3v) is 3.40. The van der Waals surface area contributed by atoms with E-state index in [1.54, 1.807) is 36.5 Å². The SMILES string of the molecule is O=C(NN=Cc1ccc(-c2ccc(F)c(Cl)c2)o1)c1cccnc1. The van der Waals surface area contributed by atoms with Crippen LogP contribution in [0.2, 0.25) is 5.02 Å². The molecule has 0 aliphatic rings. The van der Waals surface area contributed by atoms with E-state index in [-0.39, 0.29) is 10.9 Å². The highest BCUT2D eigenvalue weighted by Gasteiger charge is 2.07. The molecule has 0 atom stereocenters. The molecule has 3 aromatic rings. The highest BCUT2D eigenvalue weighted by molar-refractivity contribution is 6.31. The van der Waals surface area contributed by atoms with Gasteiger partial charge in [-0.3, -0.25) is 9.78 Å². The van der Waals surface area contributed by atoms with Gasteiger partial charge < -0.3 is 4.42 Å². The fraction of sp³-hybridized carbons (Fsp3) is 0. The number of hydrogen-bond donors (Lipinski definition) is 1. The maximum absolute atomic E-state index is 13.2. The number of carbonyl (C=O) groups is 1. The van der Waals surface area contributed by atoms with Crippen molar-refractivity contribution in [1.82, 2.24) is 10.4 Å². The molecule has 0 radical (unpaired) electrons. The second-order valence-corrected chi connectivity index (χ2v) is 5.18.